The van der Waals surface area contributed by atoms with Gasteiger partial charge in [-0.05, 0) is 37.0 Å². The van der Waals surface area contributed by atoms with Crippen LogP contribution in [0.15, 0.2) is 24.3 Å². The second-order valence-corrected chi connectivity index (χ2v) is 5.87. The molecule has 0 bridgehead atoms. The average Bonchev–Trinajstić information content (AvgIpc) is 3.20. The first-order valence-corrected chi connectivity index (χ1v) is 7.50. The van der Waals surface area contributed by atoms with Gasteiger partial charge in [-0.2, -0.15) is 0 Å². The van der Waals surface area contributed by atoms with Gasteiger partial charge in [-0.1, -0.05) is 12.1 Å². The lowest BCUT2D eigenvalue weighted by Gasteiger charge is -2.30. The zero-order valence-corrected chi connectivity index (χ0v) is 11.9. The van der Waals surface area contributed by atoms with Crippen LogP contribution in [0.25, 0.3) is 0 Å². The molecule has 5 heteroatoms. The van der Waals surface area contributed by atoms with Crippen molar-refractivity contribution >= 4 is 5.91 Å². The Kier molecular flexibility index (Phi) is 4.12. The average molecular weight is 291 g/mol. The van der Waals surface area contributed by atoms with Crippen LogP contribution in [-0.4, -0.2) is 52.4 Å². The second-order valence-electron chi connectivity index (χ2n) is 5.87. The number of rotatable bonds is 5. The molecule has 114 valence electrons. The molecule has 1 aromatic carbocycles. The summed E-state index contributed by atoms with van der Waals surface area (Å²) < 4.78 is 5.28. The van der Waals surface area contributed by atoms with Crippen molar-refractivity contribution in [2.45, 2.75) is 43.9 Å². The number of nitrogens with zero attached hydrogens (tertiary/aromatic N) is 1. The van der Waals surface area contributed by atoms with Crippen molar-refractivity contribution in [3.05, 3.63) is 29.8 Å². The van der Waals surface area contributed by atoms with Gasteiger partial charge in [0.05, 0.1) is 25.4 Å². The van der Waals surface area contributed by atoms with Crippen LogP contribution in [0.2, 0.25) is 0 Å². The van der Waals surface area contributed by atoms with Gasteiger partial charge >= 0.3 is 0 Å². The van der Waals surface area contributed by atoms with Crippen LogP contribution < -0.4 is 0 Å². The number of hydrogen-bond donors (Lipinski definition) is 2. The minimum absolute atomic E-state index is 0.0652. The van der Waals surface area contributed by atoms with Crippen molar-refractivity contribution in [1.82, 2.24) is 4.90 Å². The number of aromatic hydroxyl groups is 1. The van der Waals surface area contributed by atoms with Gasteiger partial charge in [0.25, 0.3) is 0 Å². The van der Waals surface area contributed by atoms with Crippen LogP contribution in [0.4, 0.5) is 0 Å². The third-order valence-electron chi connectivity index (χ3n) is 4.15. The lowest BCUT2D eigenvalue weighted by Crippen LogP contribution is -2.48. The third-order valence-corrected chi connectivity index (χ3v) is 4.15. The number of carbonyl (C=O) groups is 1. The monoisotopic (exact) mass is 291 g/mol. The Morgan fingerprint density at radius 3 is 2.76 bits per heavy atom. The molecular formula is C16H21NO4. The molecule has 2 fully saturated rings. The SMILES string of the molecule is O=C(CCc1cccc(O)c1)N(C1CC1)[C@@H]1COC[C@H]1O. The predicted octanol–water partition coefficient (Wildman–Crippen LogP) is 1.08. The van der Waals surface area contributed by atoms with Gasteiger partial charge in [0, 0.05) is 12.5 Å². The Morgan fingerprint density at radius 2 is 2.14 bits per heavy atom. The second kappa shape index (κ2) is 6.03. The molecule has 1 aromatic rings. The number of aryl methyl sites for hydroxylation is 1. The van der Waals surface area contributed by atoms with Gasteiger partial charge in [-0.3, -0.25) is 4.79 Å². The van der Waals surface area contributed by atoms with E-state index >= 15 is 0 Å². The molecule has 1 saturated carbocycles. The van der Waals surface area contributed by atoms with E-state index in [0.717, 1.165) is 18.4 Å². The van der Waals surface area contributed by atoms with E-state index in [2.05, 4.69) is 0 Å². The van der Waals surface area contributed by atoms with E-state index in [9.17, 15) is 15.0 Å². The standard InChI is InChI=1S/C16H21NO4/c18-13-3-1-2-11(8-13)4-7-16(20)17(12-5-6-12)14-9-21-10-15(14)19/h1-3,8,12,14-15,18-19H,4-7,9-10H2/t14-,15-/m1/s1. The highest BCUT2D eigenvalue weighted by Crippen LogP contribution is 2.32. The molecule has 5 nitrogen and oxygen atoms in total. The van der Waals surface area contributed by atoms with Gasteiger partial charge in [-0.15, -0.1) is 0 Å². The van der Waals surface area contributed by atoms with Crippen LogP contribution >= 0.6 is 0 Å². The first kappa shape index (κ1) is 14.4. The zero-order valence-electron chi connectivity index (χ0n) is 11.9. The Balaban J connectivity index is 1.62. The highest BCUT2D eigenvalue weighted by molar-refractivity contribution is 5.77. The Labute approximate surface area is 124 Å². The first-order valence-electron chi connectivity index (χ1n) is 7.50. The number of amides is 1. The summed E-state index contributed by atoms with van der Waals surface area (Å²) in [4.78, 5) is 14.3. The molecule has 2 atom stereocenters. The number of benzene rings is 1. The van der Waals surface area contributed by atoms with E-state index in [1.807, 2.05) is 11.0 Å². The molecular weight excluding hydrogens is 270 g/mol. The van der Waals surface area contributed by atoms with E-state index in [0.29, 0.717) is 26.1 Å². The van der Waals surface area contributed by atoms with E-state index in [-0.39, 0.29) is 23.7 Å². The minimum Gasteiger partial charge on any atom is -0.508 e. The van der Waals surface area contributed by atoms with Gasteiger partial charge < -0.3 is 19.8 Å². The van der Waals surface area contributed by atoms with Crippen LogP contribution in [-0.2, 0) is 16.0 Å². The molecule has 1 amide bonds. The number of aliphatic hydroxyl groups is 1. The van der Waals surface area contributed by atoms with E-state index < -0.39 is 6.10 Å². The minimum atomic E-state index is -0.574. The van der Waals surface area contributed by atoms with Crippen molar-refractivity contribution in [3.8, 4) is 5.75 Å². The largest absolute Gasteiger partial charge is 0.508 e. The summed E-state index contributed by atoms with van der Waals surface area (Å²) in [5, 5.41) is 19.4. The normalized spacial score (nSPS) is 25.0. The molecule has 1 heterocycles. The maximum Gasteiger partial charge on any atom is 0.223 e. The summed E-state index contributed by atoms with van der Waals surface area (Å²) in [6, 6.07) is 7.05. The summed E-state index contributed by atoms with van der Waals surface area (Å²) in [6.07, 6.45) is 2.45. The van der Waals surface area contributed by atoms with E-state index in [1.165, 1.54) is 0 Å². The number of aliphatic hydroxyl groups excluding tert-OH is 1. The smallest absolute Gasteiger partial charge is 0.223 e. The number of carbonyl (C=O) groups excluding carboxylic acids is 1. The topological polar surface area (TPSA) is 70.0 Å². The number of phenols is 1. The van der Waals surface area contributed by atoms with Crippen LogP contribution in [0.3, 0.4) is 0 Å². The van der Waals surface area contributed by atoms with Crippen molar-refractivity contribution < 1.29 is 19.7 Å². The highest BCUT2D eigenvalue weighted by atomic mass is 16.5. The molecule has 1 aliphatic carbocycles. The molecule has 1 saturated heterocycles. The number of hydrogen-bond acceptors (Lipinski definition) is 4. The van der Waals surface area contributed by atoms with Gasteiger partial charge in [-0.25, -0.2) is 0 Å². The molecule has 1 aliphatic heterocycles. The fourth-order valence-electron chi connectivity index (χ4n) is 2.90. The molecule has 3 rings (SSSR count). The van der Waals surface area contributed by atoms with Crippen molar-refractivity contribution in [2.24, 2.45) is 0 Å². The van der Waals surface area contributed by atoms with Crippen molar-refractivity contribution in [3.63, 3.8) is 0 Å². The molecule has 0 radical (unpaired) electrons. The van der Waals surface area contributed by atoms with E-state index in [4.69, 9.17) is 4.74 Å². The molecule has 0 unspecified atom stereocenters. The summed E-state index contributed by atoms with van der Waals surface area (Å²) >= 11 is 0. The molecule has 2 aliphatic rings. The van der Waals surface area contributed by atoms with Crippen LogP contribution in [0.1, 0.15) is 24.8 Å². The van der Waals surface area contributed by atoms with Crippen molar-refractivity contribution in [1.29, 1.82) is 0 Å². The third kappa shape index (κ3) is 3.36. The highest BCUT2D eigenvalue weighted by Gasteiger charge is 2.42. The first-order chi connectivity index (χ1) is 10.1. The fourth-order valence-corrected chi connectivity index (χ4v) is 2.90. The Bertz CT molecular complexity index is 515. The predicted molar refractivity (Wildman–Crippen MR) is 76.9 cm³/mol. The quantitative estimate of drug-likeness (QED) is 0.851. The van der Waals surface area contributed by atoms with Gasteiger partial charge in [0.15, 0.2) is 0 Å². The molecule has 0 spiro atoms. The Morgan fingerprint density at radius 1 is 1.33 bits per heavy atom. The molecule has 0 aromatic heterocycles. The number of ether oxygens (including phenoxy) is 1. The summed E-state index contributed by atoms with van der Waals surface area (Å²) in [5.74, 6) is 0.286. The maximum atomic E-state index is 12.5. The number of phenolic OH excluding ortho intramolecular Hbond substituents is 1. The van der Waals surface area contributed by atoms with Gasteiger partial charge in [0.1, 0.15) is 5.75 Å². The Hall–Kier alpha value is -1.59. The lowest BCUT2D eigenvalue weighted by atomic mass is 10.1. The van der Waals surface area contributed by atoms with Crippen LogP contribution in [0, 0.1) is 0 Å². The molecule has 2 N–H and O–H groups in total. The lowest BCUT2D eigenvalue weighted by molar-refractivity contribution is -0.135. The zero-order chi connectivity index (χ0) is 14.8. The van der Waals surface area contributed by atoms with Gasteiger partial charge in [0.2, 0.25) is 5.91 Å². The summed E-state index contributed by atoms with van der Waals surface area (Å²) in [5.41, 5.74) is 0.947. The fraction of sp³-hybridized carbons (Fsp3) is 0.562. The molecule has 21 heavy (non-hydrogen) atoms. The van der Waals surface area contributed by atoms with Crippen LogP contribution in [0.5, 0.6) is 5.75 Å². The summed E-state index contributed by atoms with van der Waals surface area (Å²) in [6.45, 7) is 0.739. The maximum absolute atomic E-state index is 12.5. The van der Waals surface area contributed by atoms with E-state index in [1.54, 1.807) is 18.2 Å². The summed E-state index contributed by atoms with van der Waals surface area (Å²) in [7, 11) is 0. The van der Waals surface area contributed by atoms with Crippen molar-refractivity contribution in [2.75, 3.05) is 13.2 Å².